The summed E-state index contributed by atoms with van der Waals surface area (Å²) in [5.41, 5.74) is 8.27. The molecule has 21 heavy (non-hydrogen) atoms. The Morgan fingerprint density at radius 2 is 1.95 bits per heavy atom. The first-order chi connectivity index (χ1) is 9.99. The maximum Gasteiger partial charge on any atom is 0.140 e. The number of hydrogen-bond acceptors (Lipinski definition) is 3. The highest BCUT2D eigenvalue weighted by molar-refractivity contribution is 9.10. The minimum atomic E-state index is -0.211. The smallest absolute Gasteiger partial charge is 0.140 e. The minimum absolute atomic E-state index is 0.127. The van der Waals surface area contributed by atoms with Gasteiger partial charge in [0.25, 0.3) is 0 Å². The molecular formula is C17H21BrN2O. The van der Waals surface area contributed by atoms with Gasteiger partial charge < -0.3 is 10.5 Å². The molecule has 0 aliphatic carbocycles. The molecule has 112 valence electrons. The van der Waals surface area contributed by atoms with Crippen LogP contribution < -0.4 is 10.5 Å². The first-order valence-corrected chi connectivity index (χ1v) is 7.90. The number of benzene rings is 1. The molecule has 2 atom stereocenters. The van der Waals surface area contributed by atoms with E-state index in [1.165, 1.54) is 5.56 Å². The van der Waals surface area contributed by atoms with Crippen LogP contribution in [0.3, 0.4) is 0 Å². The van der Waals surface area contributed by atoms with Crippen LogP contribution in [0.25, 0.3) is 0 Å². The fourth-order valence-electron chi connectivity index (χ4n) is 2.24. The monoisotopic (exact) mass is 348 g/mol. The normalized spacial score (nSPS) is 14.0. The first-order valence-electron chi connectivity index (χ1n) is 7.10. The number of aromatic nitrogens is 1. The third-order valence-corrected chi connectivity index (χ3v) is 3.83. The predicted octanol–water partition coefficient (Wildman–Crippen LogP) is 4.43. The Morgan fingerprint density at radius 3 is 2.52 bits per heavy atom. The molecule has 0 aliphatic heterocycles. The van der Waals surface area contributed by atoms with Crippen molar-refractivity contribution in [3.63, 3.8) is 0 Å². The van der Waals surface area contributed by atoms with Crippen molar-refractivity contribution in [2.45, 2.75) is 38.8 Å². The van der Waals surface area contributed by atoms with Gasteiger partial charge in [-0.05, 0) is 42.7 Å². The van der Waals surface area contributed by atoms with Crippen LogP contribution in [0.1, 0.15) is 43.9 Å². The Kier molecular flexibility index (Phi) is 5.37. The van der Waals surface area contributed by atoms with Crippen molar-refractivity contribution in [1.29, 1.82) is 0 Å². The number of rotatable bonds is 5. The summed E-state index contributed by atoms with van der Waals surface area (Å²) >= 11 is 3.51. The molecule has 0 saturated carbocycles. The van der Waals surface area contributed by atoms with Crippen molar-refractivity contribution in [3.8, 4) is 5.75 Å². The van der Waals surface area contributed by atoms with E-state index in [2.05, 4.69) is 40.8 Å². The molecule has 0 spiro atoms. The van der Waals surface area contributed by atoms with Gasteiger partial charge >= 0.3 is 0 Å². The van der Waals surface area contributed by atoms with Crippen molar-refractivity contribution in [1.82, 2.24) is 4.98 Å². The summed E-state index contributed by atoms with van der Waals surface area (Å²) < 4.78 is 7.28. The maximum atomic E-state index is 6.22. The van der Waals surface area contributed by atoms with Gasteiger partial charge in [0.1, 0.15) is 11.9 Å². The summed E-state index contributed by atoms with van der Waals surface area (Å²) in [6.45, 7) is 6.25. The third-order valence-electron chi connectivity index (χ3n) is 3.34. The Labute approximate surface area is 134 Å². The molecule has 1 aromatic heterocycles. The highest BCUT2D eigenvalue weighted by Gasteiger charge is 2.20. The number of nitrogens with two attached hydrogens (primary N) is 1. The molecule has 0 saturated heterocycles. The van der Waals surface area contributed by atoms with Crippen LogP contribution >= 0.6 is 15.9 Å². The molecule has 1 aromatic carbocycles. The van der Waals surface area contributed by atoms with Crippen molar-refractivity contribution in [2.75, 3.05) is 0 Å². The molecule has 0 amide bonds. The van der Waals surface area contributed by atoms with Crippen LogP contribution in [-0.4, -0.2) is 11.0 Å². The third kappa shape index (κ3) is 4.05. The van der Waals surface area contributed by atoms with Crippen LogP contribution in [0.4, 0.5) is 0 Å². The summed E-state index contributed by atoms with van der Waals surface area (Å²) in [6, 6.07) is 9.85. The number of halogens is 1. The Morgan fingerprint density at radius 1 is 1.19 bits per heavy atom. The quantitative estimate of drug-likeness (QED) is 0.868. The van der Waals surface area contributed by atoms with E-state index < -0.39 is 0 Å². The average Bonchev–Trinajstić information content (AvgIpc) is 2.46. The molecule has 2 unspecified atom stereocenters. The van der Waals surface area contributed by atoms with Crippen molar-refractivity contribution in [3.05, 3.63) is 58.3 Å². The van der Waals surface area contributed by atoms with Gasteiger partial charge in [-0.1, -0.05) is 35.8 Å². The topological polar surface area (TPSA) is 48.1 Å². The molecule has 2 aromatic rings. The number of hydrogen-bond donors (Lipinski definition) is 1. The lowest BCUT2D eigenvalue weighted by Gasteiger charge is -2.25. The zero-order chi connectivity index (χ0) is 15.4. The standard InChI is InChI=1S/C17H21BrN2O/c1-11(2)15-9-14(18)6-7-16(15)21-17(12(3)19)13-5-4-8-20-10-13/h4-12,17H,19H2,1-3H3. The van der Waals surface area contributed by atoms with Gasteiger partial charge in [0.15, 0.2) is 0 Å². The van der Waals surface area contributed by atoms with Gasteiger partial charge in [-0.15, -0.1) is 0 Å². The summed E-state index contributed by atoms with van der Waals surface area (Å²) in [7, 11) is 0. The van der Waals surface area contributed by atoms with Crippen molar-refractivity contribution in [2.24, 2.45) is 5.73 Å². The van der Waals surface area contributed by atoms with Crippen LogP contribution in [-0.2, 0) is 0 Å². The lowest BCUT2D eigenvalue weighted by Crippen LogP contribution is -2.29. The lowest BCUT2D eigenvalue weighted by molar-refractivity contribution is 0.177. The molecule has 2 rings (SSSR count). The van der Waals surface area contributed by atoms with E-state index in [0.29, 0.717) is 5.92 Å². The van der Waals surface area contributed by atoms with Crippen molar-refractivity contribution < 1.29 is 4.74 Å². The highest BCUT2D eigenvalue weighted by Crippen LogP contribution is 2.33. The molecular weight excluding hydrogens is 328 g/mol. The van der Waals surface area contributed by atoms with Gasteiger partial charge in [-0.2, -0.15) is 0 Å². The molecule has 0 radical (unpaired) electrons. The molecule has 0 aliphatic rings. The molecule has 0 bridgehead atoms. The van der Waals surface area contributed by atoms with E-state index in [1.807, 2.05) is 37.4 Å². The minimum Gasteiger partial charge on any atom is -0.484 e. The van der Waals surface area contributed by atoms with Crippen LogP contribution in [0, 0.1) is 0 Å². The number of pyridine rings is 1. The molecule has 3 nitrogen and oxygen atoms in total. The van der Waals surface area contributed by atoms with Crippen LogP contribution in [0.15, 0.2) is 47.2 Å². The zero-order valence-corrected chi connectivity index (χ0v) is 14.2. The predicted molar refractivity (Wildman–Crippen MR) is 89.5 cm³/mol. The number of nitrogens with zero attached hydrogens (tertiary/aromatic N) is 1. The van der Waals surface area contributed by atoms with Crippen molar-refractivity contribution >= 4 is 15.9 Å². The summed E-state index contributed by atoms with van der Waals surface area (Å²) in [5.74, 6) is 1.25. The maximum absolute atomic E-state index is 6.22. The second-order valence-corrected chi connectivity index (χ2v) is 6.44. The van der Waals surface area contributed by atoms with E-state index >= 15 is 0 Å². The molecule has 2 N–H and O–H groups in total. The van der Waals surface area contributed by atoms with Gasteiger partial charge in [-0.3, -0.25) is 4.98 Å². The molecule has 0 fully saturated rings. The largest absolute Gasteiger partial charge is 0.484 e. The molecule has 4 heteroatoms. The Balaban J connectivity index is 2.34. The van der Waals surface area contributed by atoms with E-state index in [9.17, 15) is 0 Å². The van der Waals surface area contributed by atoms with E-state index in [-0.39, 0.29) is 12.1 Å². The van der Waals surface area contributed by atoms with Gasteiger partial charge in [0.2, 0.25) is 0 Å². The lowest BCUT2D eigenvalue weighted by atomic mass is 10.0. The summed E-state index contributed by atoms with van der Waals surface area (Å²) in [6.07, 6.45) is 3.35. The second-order valence-electron chi connectivity index (χ2n) is 5.52. The fraction of sp³-hybridized carbons (Fsp3) is 0.353. The van der Waals surface area contributed by atoms with E-state index in [0.717, 1.165) is 15.8 Å². The van der Waals surface area contributed by atoms with Gasteiger partial charge in [-0.25, -0.2) is 0 Å². The van der Waals surface area contributed by atoms with E-state index in [1.54, 1.807) is 6.20 Å². The summed E-state index contributed by atoms with van der Waals surface area (Å²) in [5, 5.41) is 0. The zero-order valence-electron chi connectivity index (χ0n) is 12.6. The highest BCUT2D eigenvalue weighted by atomic mass is 79.9. The van der Waals surface area contributed by atoms with Gasteiger partial charge in [0.05, 0.1) is 0 Å². The van der Waals surface area contributed by atoms with Gasteiger partial charge in [0, 0.05) is 28.5 Å². The summed E-state index contributed by atoms with van der Waals surface area (Å²) in [4.78, 5) is 4.16. The van der Waals surface area contributed by atoms with Crippen LogP contribution in [0.2, 0.25) is 0 Å². The average molecular weight is 349 g/mol. The van der Waals surface area contributed by atoms with Crippen LogP contribution in [0.5, 0.6) is 5.75 Å². The fourth-order valence-corrected chi connectivity index (χ4v) is 2.62. The Bertz CT molecular complexity index is 585. The van der Waals surface area contributed by atoms with E-state index in [4.69, 9.17) is 10.5 Å². The number of ether oxygens (including phenoxy) is 1. The first kappa shape index (κ1) is 16.0. The molecule has 1 heterocycles. The second kappa shape index (κ2) is 7.05. The SMILES string of the molecule is CC(C)c1cc(Br)ccc1OC(c1cccnc1)C(C)N. The Hall–Kier alpha value is -1.39.